The van der Waals surface area contributed by atoms with Gasteiger partial charge in [-0.2, -0.15) is 5.10 Å². The highest BCUT2D eigenvalue weighted by atomic mass is 79.9. The highest BCUT2D eigenvalue weighted by Gasteiger charge is 2.30. The number of anilines is 1. The van der Waals surface area contributed by atoms with Crippen molar-refractivity contribution in [3.63, 3.8) is 0 Å². The molecule has 1 heterocycles. The minimum Gasteiger partial charge on any atom is -0.494 e. The molecule has 1 unspecified atom stereocenters. The van der Waals surface area contributed by atoms with Crippen LogP contribution in [0.25, 0.3) is 0 Å². The van der Waals surface area contributed by atoms with Gasteiger partial charge < -0.3 is 19.5 Å². The normalized spacial score (nSPS) is 14.1. The molecular weight excluding hydrogens is 626 g/mol. The molecule has 0 spiro atoms. The van der Waals surface area contributed by atoms with Gasteiger partial charge in [0, 0.05) is 14.9 Å². The molecule has 0 bridgehead atoms. The van der Waals surface area contributed by atoms with E-state index in [-0.39, 0.29) is 17.4 Å². The number of rotatable bonds is 9. The zero-order valence-electron chi connectivity index (χ0n) is 23.3. The Kier molecular flexibility index (Phi) is 10.5. The van der Waals surface area contributed by atoms with Crippen LogP contribution in [0, 0.1) is 5.92 Å². The number of fused-ring (bicyclic) bond motifs is 1. The SMILES string of the molecule is CCOC(=O)c1c(NC(=O)C(=O)N/N=C/c2cc(Br)ccc2OC(=O)c2ccc(OCC)cc2)sc2c1CCC(C)C2. The molecular formula is C30H30BrN3O7S. The molecule has 2 N–H and O–H groups in total. The van der Waals surface area contributed by atoms with E-state index in [1.165, 1.54) is 17.6 Å². The lowest BCUT2D eigenvalue weighted by molar-refractivity contribution is -0.136. The van der Waals surface area contributed by atoms with E-state index in [0.717, 1.165) is 23.3 Å². The Morgan fingerprint density at radius 1 is 1.05 bits per heavy atom. The topological polar surface area (TPSA) is 132 Å². The molecule has 1 atom stereocenters. The van der Waals surface area contributed by atoms with Crippen molar-refractivity contribution in [2.75, 3.05) is 18.5 Å². The van der Waals surface area contributed by atoms with E-state index in [1.807, 2.05) is 6.92 Å². The number of ether oxygens (including phenoxy) is 3. The minimum atomic E-state index is -1.04. The summed E-state index contributed by atoms with van der Waals surface area (Å²) in [6.45, 7) is 6.41. The number of thiophene rings is 1. The van der Waals surface area contributed by atoms with Crippen LogP contribution in [0.2, 0.25) is 0 Å². The van der Waals surface area contributed by atoms with Crippen molar-refractivity contribution in [3.05, 3.63) is 74.1 Å². The Hall–Kier alpha value is -4.03. The van der Waals surface area contributed by atoms with E-state index < -0.39 is 23.8 Å². The van der Waals surface area contributed by atoms with E-state index in [2.05, 4.69) is 38.7 Å². The maximum atomic E-state index is 12.7. The molecule has 2 amide bonds. The number of carbonyl (C=O) groups is 4. The molecule has 0 saturated carbocycles. The summed E-state index contributed by atoms with van der Waals surface area (Å²) in [5.74, 6) is -1.86. The lowest BCUT2D eigenvalue weighted by Gasteiger charge is -2.18. The minimum absolute atomic E-state index is 0.190. The Bertz CT molecular complexity index is 1520. The standard InChI is InChI=1S/C30H30BrN3O7S/c1-4-39-21-10-7-18(8-11-21)29(37)41-23-13-9-20(31)15-19(23)16-32-34-27(36)26(35)33-28-25(30(38)40-5-2)22-12-6-17(3)14-24(22)42-28/h7-11,13,15-17H,4-6,12,14H2,1-3H3,(H,33,35)(H,34,36)/b32-16+. The lowest BCUT2D eigenvalue weighted by Crippen LogP contribution is -2.32. The fourth-order valence-corrected chi connectivity index (χ4v) is 6.13. The van der Waals surface area contributed by atoms with Crippen LogP contribution >= 0.6 is 27.3 Å². The number of hydrogen-bond acceptors (Lipinski definition) is 9. The van der Waals surface area contributed by atoms with Crippen LogP contribution in [-0.4, -0.2) is 43.2 Å². The second-order valence-corrected chi connectivity index (χ2v) is 11.5. The van der Waals surface area contributed by atoms with Crippen molar-refractivity contribution in [3.8, 4) is 11.5 Å². The Morgan fingerprint density at radius 3 is 2.52 bits per heavy atom. The number of hydrogen-bond donors (Lipinski definition) is 2. The highest BCUT2D eigenvalue weighted by molar-refractivity contribution is 9.10. The van der Waals surface area contributed by atoms with Crippen molar-refractivity contribution < 1.29 is 33.4 Å². The van der Waals surface area contributed by atoms with Crippen molar-refractivity contribution >= 4 is 62.2 Å². The number of amides is 2. The number of esters is 2. The molecule has 3 aromatic rings. The van der Waals surface area contributed by atoms with Crippen LogP contribution in [0.4, 0.5) is 5.00 Å². The maximum absolute atomic E-state index is 12.7. The number of benzene rings is 2. The Balaban J connectivity index is 1.43. The van der Waals surface area contributed by atoms with Crippen molar-refractivity contribution in [2.45, 2.75) is 40.0 Å². The van der Waals surface area contributed by atoms with Gasteiger partial charge in [-0.25, -0.2) is 15.0 Å². The monoisotopic (exact) mass is 655 g/mol. The van der Waals surface area contributed by atoms with Gasteiger partial charge in [0.15, 0.2) is 0 Å². The molecule has 4 rings (SSSR count). The third-order valence-corrected chi connectivity index (χ3v) is 8.03. The van der Waals surface area contributed by atoms with Gasteiger partial charge in [0.1, 0.15) is 16.5 Å². The zero-order valence-corrected chi connectivity index (χ0v) is 25.7. The van der Waals surface area contributed by atoms with E-state index in [0.29, 0.717) is 45.9 Å². The van der Waals surface area contributed by atoms with Crippen molar-refractivity contribution in [2.24, 2.45) is 11.0 Å². The van der Waals surface area contributed by atoms with Crippen LogP contribution in [0.3, 0.4) is 0 Å². The molecule has 1 aliphatic carbocycles. The molecule has 0 radical (unpaired) electrons. The number of halogens is 1. The zero-order chi connectivity index (χ0) is 30.2. The summed E-state index contributed by atoms with van der Waals surface area (Å²) < 4.78 is 16.8. The van der Waals surface area contributed by atoms with Gasteiger partial charge in [-0.3, -0.25) is 9.59 Å². The quantitative estimate of drug-likeness (QED) is 0.102. The first-order valence-electron chi connectivity index (χ1n) is 13.4. The molecule has 220 valence electrons. The van der Waals surface area contributed by atoms with Gasteiger partial charge >= 0.3 is 23.8 Å². The fourth-order valence-electron chi connectivity index (χ4n) is 4.35. The van der Waals surface area contributed by atoms with Gasteiger partial charge in [-0.1, -0.05) is 22.9 Å². The van der Waals surface area contributed by atoms with Gasteiger partial charge in [-0.15, -0.1) is 11.3 Å². The predicted molar refractivity (Wildman–Crippen MR) is 163 cm³/mol. The first kappa shape index (κ1) is 30.9. The first-order valence-corrected chi connectivity index (χ1v) is 15.0. The Labute approximate surface area is 255 Å². The van der Waals surface area contributed by atoms with Crippen LogP contribution < -0.4 is 20.2 Å². The molecule has 0 aliphatic heterocycles. The van der Waals surface area contributed by atoms with Gasteiger partial charge in [0.05, 0.1) is 30.6 Å². The van der Waals surface area contributed by atoms with Crippen molar-refractivity contribution in [1.82, 2.24) is 5.43 Å². The first-order chi connectivity index (χ1) is 20.2. The molecule has 12 heteroatoms. The summed E-state index contributed by atoms with van der Waals surface area (Å²) in [6, 6.07) is 11.4. The third-order valence-electron chi connectivity index (χ3n) is 6.37. The average molecular weight is 657 g/mol. The average Bonchev–Trinajstić information content (AvgIpc) is 3.31. The van der Waals surface area contributed by atoms with Gasteiger partial charge in [0.2, 0.25) is 0 Å². The van der Waals surface area contributed by atoms with Crippen LogP contribution in [-0.2, 0) is 27.2 Å². The summed E-state index contributed by atoms with van der Waals surface area (Å²) in [5.41, 5.74) is 4.05. The summed E-state index contributed by atoms with van der Waals surface area (Å²) in [6.07, 6.45) is 3.67. The number of carbonyl (C=O) groups excluding carboxylic acids is 4. The molecule has 0 saturated heterocycles. The number of nitrogens with zero attached hydrogens (tertiary/aromatic N) is 1. The summed E-state index contributed by atoms with van der Waals surface area (Å²) in [4.78, 5) is 51.7. The smallest absolute Gasteiger partial charge is 0.343 e. The Morgan fingerprint density at radius 2 is 1.81 bits per heavy atom. The summed E-state index contributed by atoms with van der Waals surface area (Å²) in [5, 5.41) is 6.72. The number of hydrazone groups is 1. The second kappa shape index (κ2) is 14.2. The second-order valence-electron chi connectivity index (χ2n) is 9.46. The molecule has 1 aromatic heterocycles. The summed E-state index contributed by atoms with van der Waals surface area (Å²) in [7, 11) is 0. The summed E-state index contributed by atoms with van der Waals surface area (Å²) >= 11 is 4.65. The largest absolute Gasteiger partial charge is 0.494 e. The maximum Gasteiger partial charge on any atom is 0.343 e. The van der Waals surface area contributed by atoms with E-state index >= 15 is 0 Å². The number of nitrogens with one attached hydrogen (secondary N) is 2. The van der Waals surface area contributed by atoms with E-state index in [1.54, 1.807) is 49.4 Å². The molecule has 10 nitrogen and oxygen atoms in total. The van der Waals surface area contributed by atoms with Crippen LogP contribution in [0.5, 0.6) is 11.5 Å². The van der Waals surface area contributed by atoms with Gasteiger partial charge in [-0.05, 0) is 87.1 Å². The molecule has 42 heavy (non-hydrogen) atoms. The van der Waals surface area contributed by atoms with Crippen molar-refractivity contribution in [1.29, 1.82) is 0 Å². The predicted octanol–water partition coefficient (Wildman–Crippen LogP) is 5.52. The molecule has 1 aliphatic rings. The van der Waals surface area contributed by atoms with Crippen LogP contribution in [0.1, 0.15) is 63.9 Å². The third kappa shape index (κ3) is 7.62. The fraction of sp³-hybridized carbons (Fsp3) is 0.300. The highest BCUT2D eigenvalue weighted by Crippen LogP contribution is 2.40. The van der Waals surface area contributed by atoms with E-state index in [9.17, 15) is 19.2 Å². The van der Waals surface area contributed by atoms with E-state index in [4.69, 9.17) is 14.2 Å². The molecule has 2 aromatic carbocycles. The molecule has 0 fully saturated rings. The lowest BCUT2D eigenvalue weighted by atomic mass is 9.88. The van der Waals surface area contributed by atoms with Crippen LogP contribution in [0.15, 0.2) is 52.0 Å². The van der Waals surface area contributed by atoms with Gasteiger partial charge in [0.25, 0.3) is 0 Å².